The van der Waals surface area contributed by atoms with E-state index in [1.807, 2.05) is 12.1 Å². The first-order valence-corrected chi connectivity index (χ1v) is 7.01. The number of hydrogen-bond acceptors (Lipinski definition) is 2. The van der Waals surface area contributed by atoms with Crippen molar-refractivity contribution in [1.29, 1.82) is 0 Å². The van der Waals surface area contributed by atoms with Gasteiger partial charge in [0.1, 0.15) is 5.82 Å². The summed E-state index contributed by atoms with van der Waals surface area (Å²) in [7, 11) is 0. The maximum absolute atomic E-state index is 13.9. The van der Waals surface area contributed by atoms with Crippen LogP contribution in [0.1, 0.15) is 15.9 Å². The fourth-order valence-electron chi connectivity index (χ4n) is 2.48. The molecule has 0 fully saturated rings. The van der Waals surface area contributed by atoms with Crippen molar-refractivity contribution in [3.8, 4) is 0 Å². The molecule has 2 N–H and O–H groups in total. The number of fused-ring (bicyclic) bond motifs is 1. The second kappa shape index (κ2) is 4.90. The topological polar surface area (TPSA) is 46.3 Å². The molecular formula is C15H12BrFN2O. The molecule has 0 saturated heterocycles. The van der Waals surface area contributed by atoms with Gasteiger partial charge in [-0.15, -0.1) is 0 Å². The normalized spacial score (nSPS) is 13.4. The van der Waals surface area contributed by atoms with Crippen LogP contribution in [0.25, 0.3) is 0 Å². The quantitative estimate of drug-likeness (QED) is 0.812. The summed E-state index contributed by atoms with van der Waals surface area (Å²) < 4.78 is 14.5. The largest absolute Gasteiger partial charge is 0.398 e. The summed E-state index contributed by atoms with van der Waals surface area (Å²) in [5.41, 5.74) is 8.38. The Morgan fingerprint density at radius 2 is 2.10 bits per heavy atom. The lowest BCUT2D eigenvalue weighted by atomic mass is 10.1. The van der Waals surface area contributed by atoms with Crippen molar-refractivity contribution in [2.45, 2.75) is 6.42 Å². The molecule has 1 aliphatic heterocycles. The van der Waals surface area contributed by atoms with E-state index in [-0.39, 0.29) is 11.5 Å². The Morgan fingerprint density at radius 1 is 1.30 bits per heavy atom. The Labute approximate surface area is 124 Å². The molecule has 0 aromatic heterocycles. The van der Waals surface area contributed by atoms with Gasteiger partial charge in [-0.3, -0.25) is 4.79 Å². The Morgan fingerprint density at radius 3 is 2.85 bits per heavy atom. The molecule has 1 amide bonds. The maximum Gasteiger partial charge on any atom is 0.261 e. The third-order valence-corrected chi connectivity index (χ3v) is 3.96. The predicted molar refractivity (Wildman–Crippen MR) is 80.3 cm³/mol. The van der Waals surface area contributed by atoms with Crippen molar-refractivity contribution >= 4 is 33.2 Å². The van der Waals surface area contributed by atoms with Crippen molar-refractivity contribution in [2.24, 2.45) is 0 Å². The number of nitrogens with zero attached hydrogens (tertiary/aromatic N) is 1. The van der Waals surface area contributed by atoms with Gasteiger partial charge in [-0.1, -0.05) is 22.0 Å². The van der Waals surface area contributed by atoms with Gasteiger partial charge in [0.2, 0.25) is 0 Å². The van der Waals surface area contributed by atoms with Crippen molar-refractivity contribution in [1.82, 2.24) is 0 Å². The molecule has 0 bridgehead atoms. The van der Waals surface area contributed by atoms with Crippen molar-refractivity contribution in [3.63, 3.8) is 0 Å². The molecule has 5 heteroatoms. The molecule has 0 atom stereocenters. The van der Waals surface area contributed by atoms with E-state index in [2.05, 4.69) is 15.9 Å². The van der Waals surface area contributed by atoms with E-state index < -0.39 is 5.82 Å². The van der Waals surface area contributed by atoms with Crippen molar-refractivity contribution < 1.29 is 9.18 Å². The molecule has 3 rings (SSSR count). The molecule has 2 aromatic carbocycles. The molecule has 0 unspecified atom stereocenters. The molecule has 0 aliphatic carbocycles. The molecule has 1 heterocycles. The molecule has 1 aliphatic rings. The number of rotatable bonds is 1. The van der Waals surface area contributed by atoms with Gasteiger partial charge in [-0.2, -0.15) is 0 Å². The second-order valence-electron chi connectivity index (χ2n) is 4.68. The molecule has 20 heavy (non-hydrogen) atoms. The average Bonchev–Trinajstić information content (AvgIpc) is 2.83. The summed E-state index contributed by atoms with van der Waals surface area (Å²) in [4.78, 5) is 14.1. The number of benzene rings is 2. The van der Waals surface area contributed by atoms with Crippen LogP contribution in [0, 0.1) is 5.82 Å². The lowest BCUT2D eigenvalue weighted by Gasteiger charge is -2.18. The molecule has 3 nitrogen and oxygen atoms in total. The van der Waals surface area contributed by atoms with E-state index in [0.717, 1.165) is 11.3 Å². The van der Waals surface area contributed by atoms with E-state index in [9.17, 15) is 9.18 Å². The number of carbonyl (C=O) groups is 1. The summed E-state index contributed by atoms with van der Waals surface area (Å²) in [5, 5.41) is 0. The zero-order valence-electron chi connectivity index (χ0n) is 10.6. The van der Waals surface area contributed by atoms with E-state index in [1.165, 1.54) is 12.1 Å². The van der Waals surface area contributed by atoms with Crippen molar-refractivity contribution in [3.05, 3.63) is 57.8 Å². The van der Waals surface area contributed by atoms with Crippen LogP contribution in [0.5, 0.6) is 0 Å². The van der Waals surface area contributed by atoms with Gasteiger partial charge in [-0.25, -0.2) is 4.39 Å². The highest BCUT2D eigenvalue weighted by Gasteiger charge is 2.28. The lowest BCUT2D eigenvalue weighted by Crippen LogP contribution is -2.29. The molecule has 2 aromatic rings. The van der Waals surface area contributed by atoms with E-state index in [4.69, 9.17) is 5.73 Å². The average molecular weight is 335 g/mol. The number of nitrogen functional groups attached to an aromatic ring is 1. The Hall–Kier alpha value is -1.88. The Bertz CT molecular complexity index is 702. The first kappa shape index (κ1) is 13.1. The highest BCUT2D eigenvalue weighted by Crippen LogP contribution is 2.33. The fourth-order valence-corrected chi connectivity index (χ4v) is 2.81. The van der Waals surface area contributed by atoms with Crippen LogP contribution in [-0.4, -0.2) is 12.5 Å². The zero-order valence-corrected chi connectivity index (χ0v) is 12.2. The Balaban J connectivity index is 2.00. The standard InChI is InChI=1S/C15H12BrFN2O/c16-9-4-5-10(12(17)8-9)15(20)19-7-6-11-13(18)2-1-3-14(11)19/h1-5,8H,6-7,18H2. The maximum atomic E-state index is 13.9. The van der Waals surface area contributed by atoms with Crippen LogP contribution in [0.4, 0.5) is 15.8 Å². The number of halogens is 2. The van der Waals surface area contributed by atoms with E-state index in [0.29, 0.717) is 23.1 Å². The van der Waals surface area contributed by atoms with Crippen LogP contribution in [0.2, 0.25) is 0 Å². The molecule has 0 radical (unpaired) electrons. The van der Waals surface area contributed by atoms with Crippen LogP contribution in [-0.2, 0) is 6.42 Å². The van der Waals surface area contributed by atoms with E-state index in [1.54, 1.807) is 17.0 Å². The van der Waals surface area contributed by atoms with Gasteiger partial charge >= 0.3 is 0 Å². The zero-order chi connectivity index (χ0) is 14.3. The number of nitrogens with two attached hydrogens (primary N) is 1. The van der Waals surface area contributed by atoms with E-state index >= 15 is 0 Å². The third kappa shape index (κ3) is 2.08. The number of amides is 1. The fraction of sp³-hybridized carbons (Fsp3) is 0.133. The minimum Gasteiger partial charge on any atom is -0.398 e. The van der Waals surface area contributed by atoms with Crippen LogP contribution in [0.15, 0.2) is 40.9 Å². The number of hydrogen-bond donors (Lipinski definition) is 1. The van der Waals surface area contributed by atoms with Gasteiger partial charge in [0.25, 0.3) is 5.91 Å². The monoisotopic (exact) mass is 334 g/mol. The minimum absolute atomic E-state index is 0.0727. The first-order chi connectivity index (χ1) is 9.58. The van der Waals surface area contributed by atoms with Crippen LogP contribution in [0.3, 0.4) is 0 Å². The van der Waals surface area contributed by atoms with Gasteiger partial charge in [0, 0.05) is 28.0 Å². The highest BCUT2D eigenvalue weighted by atomic mass is 79.9. The molecule has 102 valence electrons. The van der Waals surface area contributed by atoms with Crippen LogP contribution < -0.4 is 10.6 Å². The number of anilines is 2. The summed E-state index contributed by atoms with van der Waals surface area (Å²) in [5.74, 6) is -0.860. The molecule has 0 saturated carbocycles. The van der Waals surface area contributed by atoms with Gasteiger partial charge in [0.15, 0.2) is 0 Å². The smallest absolute Gasteiger partial charge is 0.261 e. The van der Waals surface area contributed by atoms with Gasteiger partial charge in [0.05, 0.1) is 5.56 Å². The second-order valence-corrected chi connectivity index (χ2v) is 5.59. The lowest BCUT2D eigenvalue weighted by molar-refractivity contribution is 0.0985. The minimum atomic E-state index is -0.526. The first-order valence-electron chi connectivity index (χ1n) is 6.22. The van der Waals surface area contributed by atoms with Crippen LogP contribution >= 0.6 is 15.9 Å². The third-order valence-electron chi connectivity index (χ3n) is 3.47. The summed E-state index contributed by atoms with van der Waals surface area (Å²) in [6.45, 7) is 0.526. The molecule has 0 spiro atoms. The number of carbonyl (C=O) groups excluding carboxylic acids is 1. The molecular weight excluding hydrogens is 323 g/mol. The summed E-state index contributed by atoms with van der Waals surface area (Å²) in [6.07, 6.45) is 0.700. The van der Waals surface area contributed by atoms with Crippen molar-refractivity contribution in [2.75, 3.05) is 17.2 Å². The SMILES string of the molecule is Nc1cccc2c1CCN2C(=O)c1ccc(Br)cc1F. The summed E-state index contributed by atoms with van der Waals surface area (Å²) in [6, 6.07) is 9.90. The highest BCUT2D eigenvalue weighted by molar-refractivity contribution is 9.10. The predicted octanol–water partition coefficient (Wildman–Crippen LogP) is 3.37. The Kier molecular flexibility index (Phi) is 3.22. The van der Waals surface area contributed by atoms with Gasteiger partial charge < -0.3 is 10.6 Å². The summed E-state index contributed by atoms with van der Waals surface area (Å²) >= 11 is 3.18. The van der Waals surface area contributed by atoms with Gasteiger partial charge in [-0.05, 0) is 36.8 Å².